The molecular weight excluding hydrogens is 268 g/mol. The Morgan fingerprint density at radius 3 is 2.25 bits per heavy atom. The molecule has 0 spiro atoms. The van der Waals surface area contributed by atoms with Crippen molar-refractivity contribution in [1.29, 1.82) is 0 Å². The fourth-order valence-electron chi connectivity index (χ4n) is 2.27. The summed E-state index contributed by atoms with van der Waals surface area (Å²) in [4.78, 5) is 2.16. The topological polar surface area (TPSA) is 29.3 Å². The summed E-state index contributed by atoms with van der Waals surface area (Å²) in [5.74, 6) is 0. The summed E-state index contributed by atoms with van der Waals surface area (Å²) in [5.41, 5.74) is 10.4. The highest BCUT2D eigenvalue weighted by Crippen LogP contribution is 2.29. The van der Waals surface area contributed by atoms with Gasteiger partial charge in [-0.05, 0) is 55.9 Å². The second-order valence-electron chi connectivity index (χ2n) is 5.29. The molecule has 0 aromatic heterocycles. The quantitative estimate of drug-likeness (QED) is 0.911. The molecule has 2 aromatic carbocycles. The molecule has 2 nitrogen and oxygen atoms in total. The maximum Gasteiger partial charge on any atom is 0.0484 e. The van der Waals surface area contributed by atoms with Crippen molar-refractivity contribution in [2.45, 2.75) is 13.0 Å². The molecule has 106 valence electrons. The third-order valence-electron chi connectivity index (χ3n) is 3.23. The van der Waals surface area contributed by atoms with Crippen LogP contribution in [0.1, 0.15) is 11.1 Å². The molecule has 0 amide bonds. The van der Waals surface area contributed by atoms with Crippen molar-refractivity contribution >= 4 is 11.6 Å². The van der Waals surface area contributed by atoms with Gasteiger partial charge in [-0.3, -0.25) is 0 Å². The van der Waals surface area contributed by atoms with E-state index in [9.17, 15) is 0 Å². The Kier molecular flexibility index (Phi) is 5.18. The predicted molar refractivity (Wildman–Crippen MR) is 87.0 cm³/mol. The second kappa shape index (κ2) is 6.89. The van der Waals surface area contributed by atoms with Crippen LogP contribution >= 0.6 is 11.6 Å². The number of nitrogens with two attached hydrogens (primary N) is 1. The average Bonchev–Trinajstić information content (AvgIpc) is 2.42. The first-order chi connectivity index (χ1) is 9.60. The van der Waals surface area contributed by atoms with Crippen LogP contribution in [0, 0.1) is 0 Å². The maximum absolute atomic E-state index is 6.32. The summed E-state index contributed by atoms with van der Waals surface area (Å²) < 4.78 is 0. The first-order valence-electron chi connectivity index (χ1n) is 6.82. The Hall–Kier alpha value is -1.35. The van der Waals surface area contributed by atoms with Crippen molar-refractivity contribution in [3.8, 4) is 11.1 Å². The molecule has 0 aliphatic carbocycles. The number of hydrogen-bond acceptors (Lipinski definition) is 2. The van der Waals surface area contributed by atoms with Crippen molar-refractivity contribution in [1.82, 2.24) is 4.90 Å². The van der Waals surface area contributed by atoms with E-state index >= 15 is 0 Å². The van der Waals surface area contributed by atoms with Crippen LogP contribution in [-0.2, 0) is 13.0 Å². The van der Waals surface area contributed by atoms with Crippen molar-refractivity contribution in [2.75, 3.05) is 20.6 Å². The Balaban J connectivity index is 2.28. The van der Waals surface area contributed by atoms with Crippen molar-refractivity contribution in [3.05, 3.63) is 58.6 Å². The van der Waals surface area contributed by atoms with E-state index in [0.717, 1.165) is 29.1 Å². The van der Waals surface area contributed by atoms with Gasteiger partial charge in [0.1, 0.15) is 0 Å². The van der Waals surface area contributed by atoms with E-state index < -0.39 is 0 Å². The monoisotopic (exact) mass is 288 g/mol. The molecule has 0 atom stereocenters. The number of benzene rings is 2. The third-order valence-corrected chi connectivity index (χ3v) is 3.56. The van der Waals surface area contributed by atoms with Crippen LogP contribution in [0.5, 0.6) is 0 Å². The molecule has 2 N–H and O–H groups in total. The number of rotatable bonds is 5. The summed E-state index contributed by atoms with van der Waals surface area (Å²) in [7, 11) is 4.14. The van der Waals surface area contributed by atoms with Crippen molar-refractivity contribution in [2.24, 2.45) is 5.73 Å². The van der Waals surface area contributed by atoms with E-state index in [2.05, 4.69) is 49.3 Å². The van der Waals surface area contributed by atoms with Gasteiger partial charge in [-0.25, -0.2) is 0 Å². The van der Waals surface area contributed by atoms with Gasteiger partial charge in [-0.1, -0.05) is 41.9 Å². The fraction of sp³-hybridized carbons (Fsp3) is 0.294. The molecule has 0 saturated heterocycles. The van der Waals surface area contributed by atoms with Gasteiger partial charge in [-0.15, -0.1) is 0 Å². The Morgan fingerprint density at radius 1 is 1.00 bits per heavy atom. The highest BCUT2D eigenvalue weighted by molar-refractivity contribution is 6.33. The van der Waals surface area contributed by atoms with E-state index in [1.165, 1.54) is 11.1 Å². The summed E-state index contributed by atoms with van der Waals surface area (Å²) in [6, 6.07) is 14.7. The lowest BCUT2D eigenvalue weighted by Crippen LogP contribution is -2.10. The van der Waals surface area contributed by atoms with Gasteiger partial charge in [0.2, 0.25) is 0 Å². The van der Waals surface area contributed by atoms with E-state index in [-0.39, 0.29) is 0 Å². The molecule has 0 unspecified atom stereocenters. The molecule has 0 bridgehead atoms. The molecule has 3 heteroatoms. The maximum atomic E-state index is 6.32. The van der Waals surface area contributed by atoms with Crippen LogP contribution < -0.4 is 5.73 Å². The lowest BCUT2D eigenvalue weighted by atomic mass is 10.0. The van der Waals surface area contributed by atoms with E-state index in [0.29, 0.717) is 6.54 Å². The summed E-state index contributed by atoms with van der Waals surface area (Å²) in [6.45, 7) is 1.60. The first kappa shape index (κ1) is 15.0. The summed E-state index contributed by atoms with van der Waals surface area (Å²) in [6.07, 6.45) is 0.878. The van der Waals surface area contributed by atoms with Crippen LogP contribution in [0.15, 0.2) is 42.5 Å². The highest BCUT2D eigenvalue weighted by Gasteiger charge is 2.05. The SMILES string of the molecule is CN(C)Cc1ccc(-c2cc(CCN)ccc2Cl)cc1. The smallest absolute Gasteiger partial charge is 0.0484 e. The zero-order chi connectivity index (χ0) is 14.5. The highest BCUT2D eigenvalue weighted by atomic mass is 35.5. The largest absolute Gasteiger partial charge is 0.330 e. The van der Waals surface area contributed by atoms with Crippen LogP contribution in [0.3, 0.4) is 0 Å². The molecule has 0 fully saturated rings. The van der Waals surface area contributed by atoms with Gasteiger partial charge in [0.25, 0.3) is 0 Å². The van der Waals surface area contributed by atoms with Crippen molar-refractivity contribution in [3.63, 3.8) is 0 Å². The zero-order valence-electron chi connectivity index (χ0n) is 12.1. The van der Waals surface area contributed by atoms with Crippen LogP contribution in [0.25, 0.3) is 11.1 Å². The normalized spacial score (nSPS) is 11.1. The van der Waals surface area contributed by atoms with E-state index in [4.69, 9.17) is 17.3 Å². The fourth-order valence-corrected chi connectivity index (χ4v) is 2.50. The average molecular weight is 289 g/mol. The number of halogens is 1. The van der Waals surface area contributed by atoms with Gasteiger partial charge in [0.15, 0.2) is 0 Å². The Bertz CT molecular complexity index is 562. The standard InChI is InChI=1S/C17H21ClN2/c1-20(2)12-14-3-6-15(7-4-14)16-11-13(9-10-19)5-8-17(16)18/h3-8,11H,9-10,12,19H2,1-2H3. The van der Waals surface area contributed by atoms with Crippen molar-refractivity contribution < 1.29 is 0 Å². The minimum absolute atomic E-state index is 0.656. The third kappa shape index (κ3) is 3.83. The Morgan fingerprint density at radius 2 is 1.65 bits per heavy atom. The second-order valence-corrected chi connectivity index (χ2v) is 5.69. The van der Waals surface area contributed by atoms with Gasteiger partial charge >= 0.3 is 0 Å². The van der Waals surface area contributed by atoms with Gasteiger partial charge in [-0.2, -0.15) is 0 Å². The van der Waals surface area contributed by atoms with Crippen LogP contribution in [-0.4, -0.2) is 25.5 Å². The first-order valence-corrected chi connectivity index (χ1v) is 7.20. The number of nitrogens with zero attached hydrogens (tertiary/aromatic N) is 1. The molecule has 20 heavy (non-hydrogen) atoms. The molecule has 0 aliphatic heterocycles. The van der Waals surface area contributed by atoms with Gasteiger partial charge < -0.3 is 10.6 Å². The van der Waals surface area contributed by atoms with Crippen LogP contribution in [0.2, 0.25) is 5.02 Å². The molecule has 0 heterocycles. The lowest BCUT2D eigenvalue weighted by molar-refractivity contribution is 0.402. The number of hydrogen-bond donors (Lipinski definition) is 1. The molecule has 2 rings (SSSR count). The predicted octanol–water partition coefficient (Wildman–Crippen LogP) is 3.57. The molecule has 0 aliphatic rings. The van der Waals surface area contributed by atoms with E-state index in [1.807, 2.05) is 12.1 Å². The Labute approximate surface area is 126 Å². The minimum atomic E-state index is 0.656. The molecule has 0 saturated carbocycles. The summed E-state index contributed by atoms with van der Waals surface area (Å²) in [5, 5.41) is 0.783. The zero-order valence-corrected chi connectivity index (χ0v) is 12.8. The molecule has 2 aromatic rings. The lowest BCUT2D eigenvalue weighted by Gasteiger charge is -2.11. The molecular formula is C17H21ClN2. The van der Waals surface area contributed by atoms with Gasteiger partial charge in [0, 0.05) is 17.1 Å². The minimum Gasteiger partial charge on any atom is -0.330 e. The van der Waals surface area contributed by atoms with Gasteiger partial charge in [0.05, 0.1) is 0 Å². The van der Waals surface area contributed by atoms with Crippen LogP contribution in [0.4, 0.5) is 0 Å². The van der Waals surface area contributed by atoms with E-state index in [1.54, 1.807) is 0 Å². The summed E-state index contributed by atoms with van der Waals surface area (Å²) >= 11 is 6.32. The molecule has 0 radical (unpaired) electrons.